The molecule has 174 valence electrons. The fourth-order valence-corrected chi connectivity index (χ4v) is 8.19. The highest BCUT2D eigenvalue weighted by Crippen LogP contribution is 2.46. The molecule has 0 amide bonds. The molecular weight excluding hydrogens is 412 g/mol. The highest BCUT2D eigenvalue weighted by Gasteiger charge is 2.48. The minimum atomic E-state index is -3.79. The second-order valence-corrected chi connectivity index (χ2v) is 13.4. The second-order valence-electron chi connectivity index (χ2n) is 11.7. The van der Waals surface area contributed by atoms with E-state index in [0.29, 0.717) is 25.2 Å². The average Bonchev–Trinajstić information content (AvgIpc) is 2.66. The number of Topliss-reactive ketones (excluding diaryl/α,β-unsaturated/α-hetero) is 1. The zero-order chi connectivity index (χ0) is 23.0. The van der Waals surface area contributed by atoms with Gasteiger partial charge in [-0.1, -0.05) is 47.1 Å². The van der Waals surface area contributed by atoms with Gasteiger partial charge in [-0.3, -0.25) is 8.98 Å². The third kappa shape index (κ3) is 5.55. The van der Waals surface area contributed by atoms with Crippen molar-refractivity contribution >= 4 is 21.6 Å². The lowest BCUT2D eigenvalue weighted by Crippen LogP contribution is -2.45. The molecule has 3 aliphatic carbocycles. The number of nitrogens with zero attached hydrogens (tertiary/aromatic N) is 2. The first-order chi connectivity index (χ1) is 14.3. The van der Waals surface area contributed by atoms with E-state index in [1.807, 2.05) is 0 Å². The standard InChI is InChI=1S/C24H38N2O4S/c1-23(2,3)15-24(4,5)16-9-11-17(12-10-16)30-31(28,29)21-8-6-7-19-18(21)13-14-20(26-25)22(19)27/h13-14,16-19,21H,6-12,15H2,1-5H3. The summed E-state index contributed by atoms with van der Waals surface area (Å²) in [6.45, 7) is 11.5. The molecule has 0 N–H and O–H groups in total. The first-order valence-electron chi connectivity index (χ1n) is 11.7. The summed E-state index contributed by atoms with van der Waals surface area (Å²) in [5.41, 5.74) is 9.51. The van der Waals surface area contributed by atoms with Crippen LogP contribution in [0.2, 0.25) is 0 Å². The van der Waals surface area contributed by atoms with Gasteiger partial charge in [-0.15, -0.1) is 0 Å². The molecule has 0 heterocycles. The number of ketones is 1. The Hall–Kier alpha value is -1.30. The normalized spacial score (nSPS) is 32.5. The van der Waals surface area contributed by atoms with Crippen molar-refractivity contribution in [3.05, 3.63) is 17.7 Å². The van der Waals surface area contributed by atoms with Gasteiger partial charge in [-0.05, 0) is 61.7 Å². The van der Waals surface area contributed by atoms with Crippen molar-refractivity contribution in [2.75, 3.05) is 0 Å². The van der Waals surface area contributed by atoms with Gasteiger partial charge >= 0.3 is 5.71 Å². The van der Waals surface area contributed by atoms with Crippen LogP contribution in [-0.4, -0.2) is 36.1 Å². The van der Waals surface area contributed by atoms with Crippen molar-refractivity contribution < 1.29 is 22.2 Å². The van der Waals surface area contributed by atoms with Gasteiger partial charge < -0.3 is 5.53 Å². The van der Waals surface area contributed by atoms with Crippen LogP contribution >= 0.6 is 0 Å². The summed E-state index contributed by atoms with van der Waals surface area (Å²) in [6.07, 6.45) is 9.28. The molecule has 0 spiro atoms. The van der Waals surface area contributed by atoms with Gasteiger partial charge in [0.25, 0.3) is 10.1 Å². The molecule has 31 heavy (non-hydrogen) atoms. The van der Waals surface area contributed by atoms with Gasteiger partial charge in [0.05, 0.1) is 11.4 Å². The lowest BCUT2D eigenvalue weighted by molar-refractivity contribution is -0.122. The van der Waals surface area contributed by atoms with Crippen molar-refractivity contribution in [2.45, 2.75) is 97.3 Å². The number of hydrogen-bond acceptors (Lipinski definition) is 4. The average molecular weight is 451 g/mol. The maximum Gasteiger partial charge on any atom is 0.357 e. The van der Waals surface area contributed by atoms with E-state index >= 15 is 0 Å². The molecule has 0 aromatic heterocycles. The Morgan fingerprint density at radius 1 is 1.06 bits per heavy atom. The Morgan fingerprint density at radius 2 is 1.71 bits per heavy atom. The zero-order valence-electron chi connectivity index (χ0n) is 19.6. The predicted molar refractivity (Wildman–Crippen MR) is 121 cm³/mol. The summed E-state index contributed by atoms with van der Waals surface area (Å²) in [6, 6.07) is 0. The molecule has 0 saturated heterocycles. The lowest BCUT2D eigenvalue weighted by Gasteiger charge is -2.43. The van der Waals surface area contributed by atoms with Crippen LogP contribution in [0.15, 0.2) is 12.2 Å². The van der Waals surface area contributed by atoms with Crippen molar-refractivity contribution in [1.82, 2.24) is 0 Å². The van der Waals surface area contributed by atoms with Crippen LogP contribution in [0.4, 0.5) is 0 Å². The lowest BCUT2D eigenvalue weighted by atomic mass is 9.64. The third-order valence-corrected chi connectivity index (χ3v) is 9.31. The van der Waals surface area contributed by atoms with E-state index in [2.05, 4.69) is 39.4 Å². The Morgan fingerprint density at radius 3 is 2.29 bits per heavy atom. The first-order valence-corrected chi connectivity index (χ1v) is 13.2. The van der Waals surface area contributed by atoms with Crippen molar-refractivity contribution in [3.63, 3.8) is 0 Å². The van der Waals surface area contributed by atoms with Crippen LogP contribution in [0, 0.1) is 28.6 Å². The van der Waals surface area contributed by atoms with E-state index < -0.39 is 27.2 Å². The zero-order valence-corrected chi connectivity index (χ0v) is 20.5. The summed E-state index contributed by atoms with van der Waals surface area (Å²) in [5.74, 6) is -0.541. The summed E-state index contributed by atoms with van der Waals surface area (Å²) in [4.78, 5) is 15.6. The topological polar surface area (TPSA) is 96.8 Å². The monoisotopic (exact) mass is 450 g/mol. The molecule has 6 nitrogen and oxygen atoms in total. The molecule has 7 heteroatoms. The Kier molecular flexibility index (Phi) is 7.00. The van der Waals surface area contributed by atoms with Crippen LogP contribution in [0.5, 0.6) is 0 Å². The Balaban J connectivity index is 1.64. The number of hydrogen-bond donors (Lipinski definition) is 0. The first kappa shape index (κ1) is 24.3. The number of carbonyl (C=O) groups excluding carboxylic acids is 1. The van der Waals surface area contributed by atoms with Crippen LogP contribution in [0.1, 0.15) is 86.0 Å². The van der Waals surface area contributed by atoms with E-state index in [0.717, 1.165) is 32.1 Å². The molecule has 0 aromatic carbocycles. The largest absolute Gasteiger partial charge is 0.361 e. The van der Waals surface area contributed by atoms with Crippen molar-refractivity contribution in [3.8, 4) is 0 Å². The maximum atomic E-state index is 13.2. The Labute approximate surface area is 187 Å². The summed E-state index contributed by atoms with van der Waals surface area (Å²) in [5, 5.41) is -0.707. The fourth-order valence-electron chi connectivity index (χ4n) is 6.35. The highest BCUT2D eigenvalue weighted by molar-refractivity contribution is 7.87. The Bertz CT molecular complexity index is 870. The molecule has 0 bridgehead atoms. The van der Waals surface area contributed by atoms with Gasteiger partial charge in [0.1, 0.15) is 0 Å². The van der Waals surface area contributed by atoms with Crippen LogP contribution in [-0.2, 0) is 19.1 Å². The number of carbonyl (C=O) groups is 1. The number of rotatable bonds is 5. The molecule has 3 rings (SSSR count). The van der Waals surface area contributed by atoms with E-state index in [1.54, 1.807) is 6.08 Å². The third-order valence-electron chi connectivity index (χ3n) is 7.48. The molecule has 2 fully saturated rings. The van der Waals surface area contributed by atoms with Gasteiger partial charge in [-0.2, -0.15) is 13.2 Å². The molecule has 3 atom stereocenters. The van der Waals surface area contributed by atoms with Crippen LogP contribution < -0.4 is 0 Å². The fraction of sp³-hybridized carbons (Fsp3) is 0.833. The highest BCUT2D eigenvalue weighted by atomic mass is 32.2. The molecule has 0 aromatic rings. The molecule has 3 unspecified atom stereocenters. The minimum Gasteiger partial charge on any atom is -0.361 e. The smallest absolute Gasteiger partial charge is 0.357 e. The van der Waals surface area contributed by atoms with E-state index in [4.69, 9.17) is 9.71 Å². The summed E-state index contributed by atoms with van der Waals surface area (Å²) < 4.78 is 32.1. The van der Waals surface area contributed by atoms with Crippen LogP contribution in [0.25, 0.3) is 5.53 Å². The molecule has 3 aliphatic rings. The molecule has 0 radical (unpaired) electrons. The van der Waals surface area contributed by atoms with Crippen molar-refractivity contribution in [1.29, 1.82) is 0 Å². The number of allylic oxidation sites excluding steroid dienone is 2. The maximum absolute atomic E-state index is 13.2. The quantitative estimate of drug-likeness (QED) is 0.336. The van der Waals surface area contributed by atoms with E-state index in [-0.39, 0.29) is 28.4 Å². The molecular formula is C24H38N2O4S. The van der Waals surface area contributed by atoms with Gasteiger partial charge in [0, 0.05) is 17.9 Å². The molecule has 2 saturated carbocycles. The SMILES string of the molecule is CC(C)(C)CC(C)(C)C1CCC(OS(=O)(=O)C2CCCC3C(=O)C(=[N+]=[N-])C=CC32)CC1. The van der Waals surface area contributed by atoms with Gasteiger partial charge in [-0.25, -0.2) is 0 Å². The van der Waals surface area contributed by atoms with Crippen LogP contribution in [0.3, 0.4) is 0 Å². The summed E-state index contributed by atoms with van der Waals surface area (Å²) in [7, 11) is -3.79. The number of fused-ring (bicyclic) bond motifs is 1. The van der Waals surface area contributed by atoms with E-state index in [9.17, 15) is 13.2 Å². The minimum absolute atomic E-state index is 0.0106. The van der Waals surface area contributed by atoms with Gasteiger partial charge in [0.2, 0.25) is 5.78 Å². The second kappa shape index (κ2) is 8.92. The molecule has 0 aliphatic heterocycles. The predicted octanol–water partition coefficient (Wildman–Crippen LogP) is 4.95. The summed E-state index contributed by atoms with van der Waals surface area (Å²) >= 11 is 0. The van der Waals surface area contributed by atoms with Gasteiger partial charge in [0.15, 0.2) is 0 Å². The van der Waals surface area contributed by atoms with Crippen molar-refractivity contribution in [2.24, 2.45) is 28.6 Å². The van der Waals surface area contributed by atoms with E-state index in [1.165, 1.54) is 6.08 Å².